The van der Waals surface area contributed by atoms with Crippen LogP contribution in [-0.4, -0.2) is 28.5 Å². The number of rotatable bonds is 5. The third-order valence-electron chi connectivity index (χ3n) is 4.00. The molecular weight excluding hydrogens is 250 g/mol. The van der Waals surface area contributed by atoms with Crippen molar-refractivity contribution in [2.75, 3.05) is 6.54 Å². The molecule has 0 saturated heterocycles. The SMILES string of the molecule is NC[C@H](O)Cc1cccc(/C=C/C2(O)CCCCC2)c1. The Labute approximate surface area is 121 Å². The molecule has 4 N–H and O–H groups in total. The van der Waals surface area contributed by atoms with Gasteiger partial charge >= 0.3 is 0 Å². The zero-order valence-corrected chi connectivity index (χ0v) is 12.0. The molecule has 110 valence electrons. The van der Waals surface area contributed by atoms with E-state index in [-0.39, 0.29) is 6.54 Å². The van der Waals surface area contributed by atoms with E-state index in [2.05, 4.69) is 0 Å². The highest BCUT2D eigenvalue weighted by Gasteiger charge is 2.25. The summed E-state index contributed by atoms with van der Waals surface area (Å²) in [6.45, 7) is 0.278. The molecular formula is C17H25NO2. The van der Waals surface area contributed by atoms with Crippen LogP contribution in [0.15, 0.2) is 30.3 Å². The first-order valence-electron chi connectivity index (χ1n) is 7.50. The highest BCUT2D eigenvalue weighted by Crippen LogP contribution is 2.29. The number of benzene rings is 1. The Bertz CT molecular complexity index is 450. The Morgan fingerprint density at radius 1 is 1.25 bits per heavy atom. The maximum Gasteiger partial charge on any atom is 0.0830 e. The number of hydrogen-bond donors (Lipinski definition) is 3. The fraction of sp³-hybridized carbons (Fsp3) is 0.529. The fourth-order valence-electron chi connectivity index (χ4n) is 2.76. The van der Waals surface area contributed by atoms with E-state index in [1.54, 1.807) is 0 Å². The standard InChI is InChI=1S/C17H25NO2/c18-13-16(19)12-15-6-4-5-14(11-15)7-10-17(20)8-2-1-3-9-17/h4-7,10-11,16,19-20H,1-3,8-9,12-13,18H2/b10-7+/t16-/m1/s1. The van der Waals surface area contributed by atoms with Crippen molar-refractivity contribution in [3.05, 3.63) is 41.5 Å². The summed E-state index contributed by atoms with van der Waals surface area (Å²) in [5.41, 5.74) is 6.93. The van der Waals surface area contributed by atoms with E-state index in [1.807, 2.05) is 36.4 Å². The highest BCUT2D eigenvalue weighted by atomic mass is 16.3. The summed E-state index contributed by atoms with van der Waals surface area (Å²) >= 11 is 0. The highest BCUT2D eigenvalue weighted by molar-refractivity contribution is 5.51. The second kappa shape index (κ2) is 7.02. The average molecular weight is 275 g/mol. The minimum Gasteiger partial charge on any atom is -0.391 e. The lowest BCUT2D eigenvalue weighted by molar-refractivity contribution is 0.0521. The molecule has 0 radical (unpaired) electrons. The molecule has 1 aromatic carbocycles. The van der Waals surface area contributed by atoms with Crippen LogP contribution in [0.3, 0.4) is 0 Å². The molecule has 1 fully saturated rings. The first-order chi connectivity index (χ1) is 9.61. The molecule has 1 aliphatic carbocycles. The van der Waals surface area contributed by atoms with Gasteiger partial charge in [-0.2, -0.15) is 0 Å². The van der Waals surface area contributed by atoms with Crippen LogP contribution in [-0.2, 0) is 6.42 Å². The molecule has 0 heterocycles. The fourth-order valence-corrected chi connectivity index (χ4v) is 2.76. The summed E-state index contributed by atoms with van der Waals surface area (Å²) in [6, 6.07) is 8.03. The van der Waals surface area contributed by atoms with E-state index in [0.29, 0.717) is 6.42 Å². The summed E-state index contributed by atoms with van der Waals surface area (Å²) in [5, 5.41) is 20.0. The molecule has 0 amide bonds. The van der Waals surface area contributed by atoms with Gasteiger partial charge in [0.1, 0.15) is 0 Å². The van der Waals surface area contributed by atoms with Crippen molar-refractivity contribution < 1.29 is 10.2 Å². The number of hydrogen-bond acceptors (Lipinski definition) is 3. The summed E-state index contributed by atoms with van der Waals surface area (Å²) in [6.07, 6.45) is 9.15. The minimum absolute atomic E-state index is 0.278. The van der Waals surface area contributed by atoms with Crippen LogP contribution in [0.2, 0.25) is 0 Å². The van der Waals surface area contributed by atoms with Crippen LogP contribution in [0.5, 0.6) is 0 Å². The first-order valence-corrected chi connectivity index (χ1v) is 7.50. The first kappa shape index (κ1) is 15.2. The predicted molar refractivity (Wildman–Crippen MR) is 82.3 cm³/mol. The van der Waals surface area contributed by atoms with Crippen LogP contribution >= 0.6 is 0 Å². The summed E-state index contributed by atoms with van der Waals surface area (Å²) in [7, 11) is 0. The average Bonchev–Trinajstić information content (AvgIpc) is 2.46. The molecule has 1 aromatic rings. The van der Waals surface area contributed by atoms with Crippen LogP contribution < -0.4 is 5.73 Å². The van der Waals surface area contributed by atoms with Gasteiger partial charge in [-0.1, -0.05) is 55.7 Å². The zero-order chi connectivity index (χ0) is 14.4. The number of aliphatic hydroxyl groups excluding tert-OH is 1. The number of nitrogens with two attached hydrogens (primary N) is 1. The van der Waals surface area contributed by atoms with Crippen molar-refractivity contribution in [2.45, 2.75) is 50.2 Å². The minimum atomic E-state index is -0.634. The van der Waals surface area contributed by atoms with Gasteiger partial charge in [0.05, 0.1) is 11.7 Å². The molecule has 0 unspecified atom stereocenters. The van der Waals surface area contributed by atoms with Gasteiger partial charge in [-0.3, -0.25) is 0 Å². The van der Waals surface area contributed by atoms with Crippen molar-refractivity contribution in [1.29, 1.82) is 0 Å². The molecule has 1 atom stereocenters. The van der Waals surface area contributed by atoms with E-state index < -0.39 is 11.7 Å². The van der Waals surface area contributed by atoms with Gasteiger partial charge in [0.15, 0.2) is 0 Å². The summed E-state index contributed by atoms with van der Waals surface area (Å²) in [4.78, 5) is 0. The van der Waals surface area contributed by atoms with Crippen LogP contribution in [0.1, 0.15) is 43.2 Å². The zero-order valence-electron chi connectivity index (χ0n) is 12.0. The van der Waals surface area contributed by atoms with E-state index in [9.17, 15) is 10.2 Å². The van der Waals surface area contributed by atoms with Crippen LogP contribution in [0.25, 0.3) is 6.08 Å². The largest absolute Gasteiger partial charge is 0.391 e. The topological polar surface area (TPSA) is 66.5 Å². The molecule has 1 aliphatic rings. The molecule has 3 heteroatoms. The lowest BCUT2D eigenvalue weighted by Gasteiger charge is -2.28. The Morgan fingerprint density at radius 2 is 2.00 bits per heavy atom. The predicted octanol–water partition coefficient (Wildman–Crippen LogP) is 2.26. The lowest BCUT2D eigenvalue weighted by atomic mass is 9.84. The van der Waals surface area contributed by atoms with E-state index in [1.165, 1.54) is 6.42 Å². The smallest absolute Gasteiger partial charge is 0.0830 e. The molecule has 0 bridgehead atoms. The maximum atomic E-state index is 10.4. The lowest BCUT2D eigenvalue weighted by Crippen LogP contribution is -2.28. The van der Waals surface area contributed by atoms with E-state index >= 15 is 0 Å². The third kappa shape index (κ3) is 4.44. The second-order valence-corrected chi connectivity index (χ2v) is 5.84. The van der Waals surface area contributed by atoms with E-state index in [4.69, 9.17) is 5.73 Å². The summed E-state index contributed by atoms with van der Waals surface area (Å²) < 4.78 is 0. The van der Waals surface area contributed by atoms with Gasteiger partial charge in [0.25, 0.3) is 0 Å². The monoisotopic (exact) mass is 275 g/mol. The molecule has 0 aliphatic heterocycles. The molecule has 3 nitrogen and oxygen atoms in total. The summed E-state index contributed by atoms with van der Waals surface area (Å²) in [5.74, 6) is 0. The van der Waals surface area contributed by atoms with Gasteiger partial charge in [-0.25, -0.2) is 0 Å². The Hall–Kier alpha value is -1.16. The van der Waals surface area contributed by atoms with Gasteiger partial charge in [0.2, 0.25) is 0 Å². The van der Waals surface area contributed by atoms with Crippen molar-refractivity contribution >= 4 is 6.08 Å². The maximum absolute atomic E-state index is 10.4. The van der Waals surface area contributed by atoms with Gasteiger partial charge in [-0.15, -0.1) is 0 Å². The Kier molecular flexibility index (Phi) is 5.35. The van der Waals surface area contributed by atoms with Gasteiger partial charge < -0.3 is 15.9 Å². The van der Waals surface area contributed by atoms with Crippen molar-refractivity contribution in [2.24, 2.45) is 5.73 Å². The molecule has 2 rings (SSSR count). The third-order valence-corrected chi connectivity index (χ3v) is 4.00. The van der Waals surface area contributed by atoms with Gasteiger partial charge in [0, 0.05) is 6.54 Å². The normalized spacial score (nSPS) is 20.1. The molecule has 1 saturated carbocycles. The molecule has 0 aromatic heterocycles. The Balaban J connectivity index is 2.03. The molecule has 0 spiro atoms. The van der Waals surface area contributed by atoms with Crippen LogP contribution in [0.4, 0.5) is 0 Å². The molecule has 20 heavy (non-hydrogen) atoms. The second-order valence-electron chi connectivity index (χ2n) is 5.84. The van der Waals surface area contributed by atoms with Crippen molar-refractivity contribution in [1.82, 2.24) is 0 Å². The van der Waals surface area contributed by atoms with E-state index in [0.717, 1.165) is 36.8 Å². The van der Waals surface area contributed by atoms with Crippen LogP contribution in [0, 0.1) is 0 Å². The quantitative estimate of drug-likeness (QED) is 0.772. The van der Waals surface area contributed by atoms with Crippen molar-refractivity contribution in [3.63, 3.8) is 0 Å². The van der Waals surface area contributed by atoms with Crippen molar-refractivity contribution in [3.8, 4) is 0 Å². The number of aliphatic hydroxyl groups is 2. The van der Waals surface area contributed by atoms with Gasteiger partial charge in [-0.05, 0) is 30.4 Å². The Morgan fingerprint density at radius 3 is 2.70 bits per heavy atom.